The van der Waals surface area contributed by atoms with E-state index in [1.54, 1.807) is 6.92 Å². The highest BCUT2D eigenvalue weighted by Crippen LogP contribution is 2.27. The number of nitro benzene ring substituents is 1. The molecule has 110 valence electrons. The lowest BCUT2D eigenvalue weighted by Gasteiger charge is -2.16. The predicted molar refractivity (Wildman–Crippen MR) is 76.5 cm³/mol. The topological polar surface area (TPSA) is 95.7 Å². The van der Waals surface area contributed by atoms with E-state index in [1.807, 2.05) is 14.0 Å². The molecule has 0 aliphatic heterocycles. The van der Waals surface area contributed by atoms with E-state index in [9.17, 15) is 14.9 Å². The van der Waals surface area contributed by atoms with Gasteiger partial charge in [-0.25, -0.2) is 4.79 Å². The molecule has 20 heavy (non-hydrogen) atoms. The summed E-state index contributed by atoms with van der Waals surface area (Å²) in [5, 5.41) is 23.0. The number of hydrogen-bond donors (Lipinski definition) is 2. The van der Waals surface area contributed by atoms with E-state index >= 15 is 0 Å². The minimum atomic E-state index is -1.18. The SMILES string of the molecule is CCN(C)CCNc1cc(C(=O)O)cc([N+](=O)[O-])c1C. The highest BCUT2D eigenvalue weighted by Gasteiger charge is 2.18. The minimum Gasteiger partial charge on any atom is -0.478 e. The van der Waals surface area contributed by atoms with Crippen LogP contribution in [0.5, 0.6) is 0 Å². The molecule has 0 aliphatic carbocycles. The maximum absolute atomic E-state index is 11.0. The molecule has 0 aliphatic rings. The molecule has 0 saturated heterocycles. The molecule has 0 saturated carbocycles. The second kappa shape index (κ2) is 6.85. The van der Waals surface area contributed by atoms with E-state index in [1.165, 1.54) is 6.07 Å². The summed E-state index contributed by atoms with van der Waals surface area (Å²) in [6.07, 6.45) is 0. The zero-order chi connectivity index (χ0) is 15.3. The number of rotatable bonds is 7. The normalized spacial score (nSPS) is 10.6. The van der Waals surface area contributed by atoms with E-state index in [2.05, 4.69) is 10.2 Å². The molecule has 0 spiro atoms. The summed E-state index contributed by atoms with van der Waals surface area (Å²) in [5.41, 5.74) is 0.658. The van der Waals surface area contributed by atoms with Gasteiger partial charge in [-0.1, -0.05) is 6.92 Å². The van der Waals surface area contributed by atoms with Crippen molar-refractivity contribution in [3.63, 3.8) is 0 Å². The average molecular weight is 281 g/mol. The molecule has 0 amide bonds. The first kappa shape index (κ1) is 15.9. The van der Waals surface area contributed by atoms with Crippen molar-refractivity contribution < 1.29 is 14.8 Å². The molecule has 7 nitrogen and oxygen atoms in total. The summed E-state index contributed by atoms with van der Waals surface area (Å²) in [6, 6.07) is 2.51. The van der Waals surface area contributed by atoms with Crippen molar-refractivity contribution >= 4 is 17.3 Å². The van der Waals surface area contributed by atoms with Crippen LogP contribution < -0.4 is 5.32 Å². The van der Waals surface area contributed by atoms with E-state index < -0.39 is 10.9 Å². The van der Waals surface area contributed by atoms with Crippen molar-refractivity contribution in [2.75, 3.05) is 32.0 Å². The van der Waals surface area contributed by atoms with Gasteiger partial charge in [-0.15, -0.1) is 0 Å². The second-order valence-corrected chi connectivity index (χ2v) is 4.55. The number of carboxylic acid groups (broad SMARTS) is 1. The lowest BCUT2D eigenvalue weighted by molar-refractivity contribution is -0.385. The summed E-state index contributed by atoms with van der Waals surface area (Å²) in [5.74, 6) is -1.18. The van der Waals surface area contributed by atoms with Gasteiger partial charge in [0.2, 0.25) is 0 Å². The molecule has 1 rings (SSSR count). The smallest absolute Gasteiger partial charge is 0.336 e. The summed E-state index contributed by atoms with van der Waals surface area (Å²) in [7, 11) is 1.96. The van der Waals surface area contributed by atoms with Crippen LogP contribution in [-0.2, 0) is 0 Å². The molecular formula is C13H19N3O4. The Balaban J connectivity index is 2.99. The molecule has 1 aromatic rings. The first-order valence-electron chi connectivity index (χ1n) is 6.31. The third kappa shape index (κ3) is 3.92. The van der Waals surface area contributed by atoms with Gasteiger partial charge in [0.1, 0.15) is 0 Å². The zero-order valence-electron chi connectivity index (χ0n) is 11.8. The third-order valence-corrected chi connectivity index (χ3v) is 3.17. The molecule has 7 heteroatoms. The Morgan fingerprint density at radius 3 is 2.65 bits per heavy atom. The molecule has 0 fully saturated rings. The van der Waals surface area contributed by atoms with Crippen LogP contribution in [-0.4, -0.2) is 47.6 Å². The highest BCUT2D eigenvalue weighted by molar-refractivity contribution is 5.90. The van der Waals surface area contributed by atoms with Crippen molar-refractivity contribution in [1.29, 1.82) is 0 Å². The van der Waals surface area contributed by atoms with Gasteiger partial charge in [-0.05, 0) is 26.6 Å². The molecule has 0 bridgehead atoms. The van der Waals surface area contributed by atoms with Crippen LogP contribution in [0.1, 0.15) is 22.8 Å². The Hall–Kier alpha value is -2.15. The lowest BCUT2D eigenvalue weighted by Crippen LogP contribution is -2.25. The Labute approximate surface area is 117 Å². The molecule has 0 heterocycles. The summed E-state index contributed by atoms with van der Waals surface area (Å²) in [4.78, 5) is 23.5. The van der Waals surface area contributed by atoms with Crippen LogP contribution in [0.15, 0.2) is 12.1 Å². The number of nitro groups is 1. The fraction of sp³-hybridized carbons (Fsp3) is 0.462. The van der Waals surface area contributed by atoms with Gasteiger partial charge in [0, 0.05) is 30.4 Å². The van der Waals surface area contributed by atoms with Crippen molar-refractivity contribution in [2.45, 2.75) is 13.8 Å². The van der Waals surface area contributed by atoms with Gasteiger partial charge in [0.05, 0.1) is 10.5 Å². The fourth-order valence-corrected chi connectivity index (χ4v) is 1.74. The van der Waals surface area contributed by atoms with Gasteiger partial charge >= 0.3 is 5.97 Å². The monoisotopic (exact) mass is 281 g/mol. The molecule has 0 aromatic heterocycles. The van der Waals surface area contributed by atoms with Crippen LogP contribution in [0, 0.1) is 17.0 Å². The Bertz CT molecular complexity index is 517. The first-order valence-corrected chi connectivity index (χ1v) is 6.31. The Morgan fingerprint density at radius 1 is 1.50 bits per heavy atom. The van der Waals surface area contributed by atoms with E-state index in [0.717, 1.165) is 19.2 Å². The number of benzene rings is 1. The summed E-state index contributed by atoms with van der Waals surface area (Å²) < 4.78 is 0. The van der Waals surface area contributed by atoms with Gasteiger partial charge in [-0.2, -0.15) is 0 Å². The minimum absolute atomic E-state index is 0.0892. The number of carboxylic acids is 1. The van der Waals surface area contributed by atoms with Crippen molar-refractivity contribution in [3.05, 3.63) is 33.4 Å². The maximum atomic E-state index is 11.0. The number of hydrogen-bond acceptors (Lipinski definition) is 5. The number of nitrogens with zero attached hydrogens (tertiary/aromatic N) is 2. The van der Waals surface area contributed by atoms with E-state index in [4.69, 9.17) is 5.11 Å². The van der Waals surface area contributed by atoms with Gasteiger partial charge in [-0.3, -0.25) is 10.1 Å². The quantitative estimate of drug-likeness (QED) is 0.586. The molecule has 0 unspecified atom stereocenters. The fourth-order valence-electron chi connectivity index (χ4n) is 1.74. The third-order valence-electron chi connectivity index (χ3n) is 3.17. The Morgan fingerprint density at radius 2 is 2.15 bits per heavy atom. The predicted octanol–water partition coefficient (Wildman–Crippen LogP) is 1.97. The molecule has 1 aromatic carbocycles. The maximum Gasteiger partial charge on any atom is 0.336 e. The van der Waals surface area contributed by atoms with Gasteiger partial charge in [0.25, 0.3) is 5.69 Å². The number of carbonyl (C=O) groups is 1. The van der Waals surface area contributed by atoms with Crippen molar-refractivity contribution in [3.8, 4) is 0 Å². The highest BCUT2D eigenvalue weighted by atomic mass is 16.6. The summed E-state index contributed by atoms with van der Waals surface area (Å²) in [6.45, 7) is 5.89. The molecular weight excluding hydrogens is 262 g/mol. The average Bonchev–Trinajstić information content (AvgIpc) is 2.39. The van der Waals surface area contributed by atoms with Crippen molar-refractivity contribution in [2.24, 2.45) is 0 Å². The molecule has 0 radical (unpaired) electrons. The first-order chi connectivity index (χ1) is 9.36. The number of likely N-dealkylation sites (N-methyl/N-ethyl adjacent to an activating group) is 1. The number of aromatic carboxylic acids is 1. The molecule has 0 atom stereocenters. The van der Waals surface area contributed by atoms with Crippen LogP contribution in [0.3, 0.4) is 0 Å². The summed E-state index contributed by atoms with van der Waals surface area (Å²) >= 11 is 0. The lowest BCUT2D eigenvalue weighted by atomic mass is 10.1. The Kier molecular flexibility index (Phi) is 5.45. The van der Waals surface area contributed by atoms with Crippen LogP contribution in [0.4, 0.5) is 11.4 Å². The van der Waals surface area contributed by atoms with Gasteiger partial charge in [0.15, 0.2) is 0 Å². The molecule has 2 N–H and O–H groups in total. The number of anilines is 1. The largest absolute Gasteiger partial charge is 0.478 e. The van der Waals surface area contributed by atoms with Crippen LogP contribution >= 0.6 is 0 Å². The van der Waals surface area contributed by atoms with Crippen molar-refractivity contribution in [1.82, 2.24) is 4.90 Å². The number of nitrogens with one attached hydrogen (secondary N) is 1. The second-order valence-electron chi connectivity index (χ2n) is 4.55. The van der Waals surface area contributed by atoms with E-state index in [-0.39, 0.29) is 11.3 Å². The standard InChI is InChI=1S/C13H19N3O4/c1-4-15(3)6-5-14-11-7-10(13(17)18)8-12(9(11)2)16(19)20/h7-8,14H,4-6H2,1-3H3,(H,17,18). The van der Waals surface area contributed by atoms with Crippen LogP contribution in [0.25, 0.3) is 0 Å². The van der Waals surface area contributed by atoms with E-state index in [0.29, 0.717) is 17.8 Å². The van der Waals surface area contributed by atoms with Crippen LogP contribution in [0.2, 0.25) is 0 Å². The van der Waals surface area contributed by atoms with Gasteiger partial charge < -0.3 is 15.3 Å². The zero-order valence-corrected chi connectivity index (χ0v) is 11.8.